The maximum atomic E-state index is 13.3. The average molecular weight is 289 g/mol. The van der Waals surface area contributed by atoms with Crippen molar-refractivity contribution in [2.24, 2.45) is 0 Å². The number of hydrogen-bond acceptors (Lipinski definition) is 3. The summed E-state index contributed by atoms with van der Waals surface area (Å²) in [5.41, 5.74) is -0.0323. The Morgan fingerprint density at radius 1 is 1.22 bits per heavy atom. The molecule has 0 saturated heterocycles. The molecule has 0 atom stereocenters. The second-order valence-corrected chi connectivity index (χ2v) is 6.43. The topological polar surface area (TPSA) is 46.2 Å². The Balaban J connectivity index is 2.15. The largest absolute Gasteiger partial charge is 0.250 e. The molecule has 18 heavy (non-hydrogen) atoms. The van der Waals surface area contributed by atoms with E-state index in [2.05, 4.69) is 4.72 Å². The van der Waals surface area contributed by atoms with E-state index in [1.807, 2.05) is 0 Å². The molecule has 2 rings (SSSR count). The van der Waals surface area contributed by atoms with E-state index in [9.17, 15) is 17.2 Å². The van der Waals surface area contributed by atoms with Crippen molar-refractivity contribution in [2.75, 3.05) is 0 Å². The lowest BCUT2D eigenvalue weighted by atomic mass is 10.2. The van der Waals surface area contributed by atoms with Crippen LogP contribution in [0.2, 0.25) is 0 Å². The molecule has 1 aromatic heterocycles. The Morgan fingerprint density at radius 2 is 2.00 bits per heavy atom. The molecule has 0 aliphatic rings. The fraction of sp³-hybridized carbons (Fsp3) is 0.0909. The zero-order valence-electron chi connectivity index (χ0n) is 9.06. The summed E-state index contributed by atoms with van der Waals surface area (Å²) in [6.45, 7) is -0.288. The minimum Gasteiger partial charge on any atom is -0.207 e. The average Bonchev–Trinajstić information content (AvgIpc) is 2.85. The normalized spacial score (nSPS) is 11.7. The summed E-state index contributed by atoms with van der Waals surface area (Å²) in [5.74, 6) is -1.26. The molecule has 0 spiro atoms. The molecule has 1 heterocycles. The second kappa shape index (κ2) is 5.13. The smallest absolute Gasteiger partial charge is 0.207 e. The maximum Gasteiger partial charge on any atom is 0.250 e. The highest BCUT2D eigenvalue weighted by atomic mass is 32.2. The van der Waals surface area contributed by atoms with Crippen molar-refractivity contribution in [3.05, 3.63) is 52.9 Å². The Morgan fingerprint density at radius 3 is 2.67 bits per heavy atom. The number of halogens is 2. The van der Waals surface area contributed by atoms with Gasteiger partial charge in [0.1, 0.15) is 15.8 Å². The van der Waals surface area contributed by atoms with Gasteiger partial charge >= 0.3 is 0 Å². The standard InChI is InChI=1S/C11H9F2NO2S2/c12-9-3-4-10(13)8(6-9)7-14-18(15,16)11-2-1-5-17-11/h1-6,14H,7H2. The van der Waals surface area contributed by atoms with Crippen LogP contribution in [-0.4, -0.2) is 8.42 Å². The van der Waals surface area contributed by atoms with Crippen LogP contribution in [0.25, 0.3) is 0 Å². The van der Waals surface area contributed by atoms with Crippen LogP contribution in [-0.2, 0) is 16.6 Å². The first-order valence-electron chi connectivity index (χ1n) is 4.96. The summed E-state index contributed by atoms with van der Waals surface area (Å²) >= 11 is 1.05. The molecule has 0 amide bonds. The van der Waals surface area contributed by atoms with Crippen LogP contribution in [0.1, 0.15) is 5.56 Å². The van der Waals surface area contributed by atoms with E-state index in [-0.39, 0.29) is 16.3 Å². The maximum absolute atomic E-state index is 13.3. The van der Waals surface area contributed by atoms with Crippen molar-refractivity contribution in [3.63, 3.8) is 0 Å². The summed E-state index contributed by atoms with van der Waals surface area (Å²) in [5, 5.41) is 1.62. The van der Waals surface area contributed by atoms with Crippen LogP contribution in [0, 0.1) is 11.6 Å². The van der Waals surface area contributed by atoms with Gasteiger partial charge in [-0.25, -0.2) is 21.9 Å². The van der Waals surface area contributed by atoms with Gasteiger partial charge in [-0.05, 0) is 29.6 Å². The number of thiophene rings is 1. The van der Waals surface area contributed by atoms with Gasteiger partial charge in [-0.3, -0.25) is 0 Å². The first kappa shape index (κ1) is 13.1. The van der Waals surface area contributed by atoms with Gasteiger partial charge in [0.25, 0.3) is 0 Å². The molecule has 96 valence electrons. The lowest BCUT2D eigenvalue weighted by molar-refractivity contribution is 0.568. The molecule has 0 radical (unpaired) electrons. The summed E-state index contributed by atoms with van der Waals surface area (Å²) in [4.78, 5) is 0. The number of nitrogens with one attached hydrogen (secondary N) is 1. The first-order chi connectivity index (χ1) is 8.49. The highest BCUT2D eigenvalue weighted by molar-refractivity contribution is 7.91. The Hall–Kier alpha value is -1.31. The minimum absolute atomic E-state index is 0.0323. The fourth-order valence-electron chi connectivity index (χ4n) is 1.34. The number of benzene rings is 1. The third-order valence-electron chi connectivity index (χ3n) is 2.22. The summed E-state index contributed by atoms with van der Waals surface area (Å²) in [6.07, 6.45) is 0. The summed E-state index contributed by atoms with van der Waals surface area (Å²) < 4.78 is 52.0. The molecule has 0 unspecified atom stereocenters. The number of sulfonamides is 1. The van der Waals surface area contributed by atoms with Crippen LogP contribution < -0.4 is 4.72 Å². The SMILES string of the molecule is O=S(=O)(NCc1cc(F)ccc1F)c1cccs1. The van der Waals surface area contributed by atoms with Gasteiger partial charge in [0.2, 0.25) is 10.0 Å². The van der Waals surface area contributed by atoms with Gasteiger partial charge in [-0.1, -0.05) is 6.07 Å². The molecule has 0 bridgehead atoms. The summed E-state index contributed by atoms with van der Waals surface area (Å²) in [6, 6.07) is 5.94. The minimum atomic E-state index is -3.67. The van der Waals surface area contributed by atoms with Crippen molar-refractivity contribution in [1.29, 1.82) is 0 Å². The van der Waals surface area contributed by atoms with Gasteiger partial charge in [0.15, 0.2) is 0 Å². The Labute approximate surface area is 107 Å². The quantitative estimate of drug-likeness (QED) is 0.940. The predicted octanol–water partition coefficient (Wildman–Crippen LogP) is 2.50. The monoisotopic (exact) mass is 289 g/mol. The molecule has 0 aliphatic heterocycles. The van der Waals surface area contributed by atoms with Crippen LogP contribution in [0.5, 0.6) is 0 Å². The van der Waals surface area contributed by atoms with Crippen LogP contribution in [0.3, 0.4) is 0 Å². The first-order valence-corrected chi connectivity index (χ1v) is 7.32. The third-order valence-corrected chi connectivity index (χ3v) is 5.02. The van der Waals surface area contributed by atoms with E-state index in [4.69, 9.17) is 0 Å². The van der Waals surface area contributed by atoms with Gasteiger partial charge in [0, 0.05) is 12.1 Å². The zero-order valence-corrected chi connectivity index (χ0v) is 10.7. The highest BCUT2D eigenvalue weighted by Gasteiger charge is 2.15. The van der Waals surface area contributed by atoms with Gasteiger partial charge < -0.3 is 0 Å². The molecule has 7 heteroatoms. The van der Waals surface area contributed by atoms with E-state index in [1.165, 1.54) is 6.07 Å². The molecule has 2 aromatic rings. The van der Waals surface area contributed by atoms with Crippen LogP contribution in [0.15, 0.2) is 39.9 Å². The van der Waals surface area contributed by atoms with Gasteiger partial charge in [0.05, 0.1) is 0 Å². The van der Waals surface area contributed by atoms with Gasteiger partial charge in [-0.2, -0.15) is 0 Å². The van der Waals surface area contributed by atoms with E-state index >= 15 is 0 Å². The van der Waals surface area contributed by atoms with Crippen LogP contribution >= 0.6 is 11.3 Å². The summed E-state index contributed by atoms with van der Waals surface area (Å²) in [7, 11) is -3.67. The third kappa shape index (κ3) is 2.92. The zero-order chi connectivity index (χ0) is 13.2. The van der Waals surface area contributed by atoms with Crippen molar-refractivity contribution in [2.45, 2.75) is 10.8 Å². The van der Waals surface area contributed by atoms with Gasteiger partial charge in [-0.15, -0.1) is 11.3 Å². The van der Waals surface area contributed by atoms with Crippen LogP contribution in [0.4, 0.5) is 8.78 Å². The van der Waals surface area contributed by atoms with E-state index in [1.54, 1.807) is 11.4 Å². The lowest BCUT2D eigenvalue weighted by Gasteiger charge is -2.06. The van der Waals surface area contributed by atoms with Crippen molar-refractivity contribution in [3.8, 4) is 0 Å². The molecular weight excluding hydrogens is 280 g/mol. The predicted molar refractivity (Wildman–Crippen MR) is 64.7 cm³/mol. The molecule has 0 saturated carbocycles. The van der Waals surface area contributed by atoms with Crippen molar-refractivity contribution < 1.29 is 17.2 Å². The second-order valence-electron chi connectivity index (χ2n) is 3.49. The molecule has 0 aliphatic carbocycles. The van der Waals surface area contributed by atoms with E-state index in [0.29, 0.717) is 0 Å². The Kier molecular flexibility index (Phi) is 3.74. The molecule has 1 N–H and O–H groups in total. The molecule has 3 nitrogen and oxygen atoms in total. The highest BCUT2D eigenvalue weighted by Crippen LogP contribution is 2.16. The molecule has 0 fully saturated rings. The fourth-order valence-corrected chi connectivity index (χ4v) is 3.38. The lowest BCUT2D eigenvalue weighted by Crippen LogP contribution is -2.23. The van der Waals surface area contributed by atoms with E-state index < -0.39 is 21.7 Å². The van der Waals surface area contributed by atoms with Crippen molar-refractivity contribution in [1.82, 2.24) is 4.72 Å². The number of rotatable bonds is 4. The van der Waals surface area contributed by atoms with E-state index in [0.717, 1.165) is 29.5 Å². The van der Waals surface area contributed by atoms with Crippen molar-refractivity contribution >= 4 is 21.4 Å². The number of hydrogen-bond donors (Lipinski definition) is 1. The Bertz CT molecular complexity index is 639. The molecular formula is C11H9F2NO2S2. The molecule has 1 aromatic carbocycles.